The first-order valence-corrected chi connectivity index (χ1v) is 15.7. The fourth-order valence-corrected chi connectivity index (χ4v) is 6.78. The maximum absolute atomic E-state index is 13.1. The second-order valence-electron chi connectivity index (χ2n) is 11.4. The van der Waals surface area contributed by atoms with Crippen molar-refractivity contribution in [1.82, 2.24) is 24.6 Å². The zero-order valence-electron chi connectivity index (χ0n) is 24.0. The van der Waals surface area contributed by atoms with E-state index in [0.717, 1.165) is 60.1 Å². The van der Waals surface area contributed by atoms with Crippen molar-refractivity contribution < 1.29 is 9.59 Å². The van der Waals surface area contributed by atoms with E-state index in [1.54, 1.807) is 11.8 Å². The fourth-order valence-electron chi connectivity index (χ4n) is 5.89. The van der Waals surface area contributed by atoms with E-state index in [4.69, 9.17) is 0 Å². The molecule has 8 heteroatoms. The van der Waals surface area contributed by atoms with Gasteiger partial charge in [0.25, 0.3) is 0 Å². The Morgan fingerprint density at radius 3 is 2.45 bits per heavy atom. The highest BCUT2D eigenvalue weighted by Crippen LogP contribution is 2.30. The summed E-state index contributed by atoms with van der Waals surface area (Å²) in [5, 5.41) is 9.93. The Morgan fingerprint density at radius 2 is 1.73 bits per heavy atom. The van der Waals surface area contributed by atoms with Crippen molar-refractivity contribution in [2.24, 2.45) is 5.92 Å². The van der Waals surface area contributed by atoms with Crippen LogP contribution < -0.4 is 0 Å². The Labute approximate surface area is 242 Å². The van der Waals surface area contributed by atoms with Gasteiger partial charge in [-0.05, 0) is 57.7 Å². The van der Waals surface area contributed by atoms with Crippen LogP contribution in [0.4, 0.5) is 0 Å². The molecule has 212 valence electrons. The third-order valence-electron chi connectivity index (χ3n) is 8.19. The van der Waals surface area contributed by atoms with E-state index >= 15 is 0 Å². The Morgan fingerprint density at radius 1 is 0.950 bits per heavy atom. The van der Waals surface area contributed by atoms with Gasteiger partial charge in [0.05, 0.1) is 0 Å². The molecule has 1 unspecified atom stereocenters. The van der Waals surface area contributed by atoms with Crippen LogP contribution >= 0.6 is 11.8 Å². The number of hydrogen-bond donors (Lipinski definition) is 0. The molecule has 0 radical (unpaired) electrons. The zero-order chi connectivity index (χ0) is 28.1. The molecule has 1 atom stereocenters. The summed E-state index contributed by atoms with van der Waals surface area (Å²) < 4.78 is 2.12. The van der Waals surface area contributed by atoms with Gasteiger partial charge in [-0.25, -0.2) is 0 Å². The number of carbonyl (C=O) groups excluding carboxylic acids is 2. The lowest BCUT2D eigenvalue weighted by Crippen LogP contribution is -2.56. The molecule has 1 aliphatic heterocycles. The molecular formula is C32H41N5O2S. The van der Waals surface area contributed by atoms with Crippen molar-refractivity contribution in [3.05, 3.63) is 59.7 Å². The first-order valence-electron chi connectivity index (χ1n) is 14.7. The highest BCUT2D eigenvalue weighted by atomic mass is 32.2. The van der Waals surface area contributed by atoms with Crippen LogP contribution in [-0.4, -0.2) is 67.8 Å². The summed E-state index contributed by atoms with van der Waals surface area (Å²) in [5.41, 5.74) is 4.44. The lowest BCUT2D eigenvalue weighted by atomic mass is 9.88. The molecule has 5 rings (SSSR count). The Kier molecular flexibility index (Phi) is 9.25. The van der Waals surface area contributed by atoms with Crippen LogP contribution in [-0.2, 0) is 9.59 Å². The molecule has 0 N–H and O–H groups in total. The third kappa shape index (κ3) is 6.60. The number of benzene rings is 2. The minimum atomic E-state index is 0.0783. The monoisotopic (exact) mass is 559 g/mol. The molecule has 1 aliphatic carbocycles. The summed E-state index contributed by atoms with van der Waals surface area (Å²) in [6.07, 6.45) is 6.88. The lowest BCUT2D eigenvalue weighted by Gasteiger charge is -2.41. The van der Waals surface area contributed by atoms with Crippen LogP contribution in [0, 0.1) is 19.8 Å². The molecule has 40 heavy (non-hydrogen) atoms. The number of rotatable bonds is 8. The molecule has 1 aromatic heterocycles. The van der Waals surface area contributed by atoms with E-state index in [2.05, 4.69) is 84.1 Å². The Bertz CT molecular complexity index is 1320. The van der Waals surface area contributed by atoms with E-state index in [-0.39, 0.29) is 17.9 Å². The van der Waals surface area contributed by atoms with Gasteiger partial charge >= 0.3 is 0 Å². The smallest absolute Gasteiger partial charge is 0.226 e. The molecule has 7 nitrogen and oxygen atoms in total. The van der Waals surface area contributed by atoms with Gasteiger partial charge in [-0.3, -0.25) is 14.2 Å². The van der Waals surface area contributed by atoms with E-state index in [1.165, 1.54) is 17.5 Å². The number of aromatic nitrogens is 3. The predicted molar refractivity (Wildman–Crippen MR) is 161 cm³/mol. The average Bonchev–Trinajstić information content (AvgIpc) is 3.39. The average molecular weight is 560 g/mol. The van der Waals surface area contributed by atoms with E-state index in [9.17, 15) is 9.59 Å². The summed E-state index contributed by atoms with van der Waals surface area (Å²) in [7, 11) is 0. The summed E-state index contributed by atoms with van der Waals surface area (Å²) in [5.74, 6) is 2.26. The number of amides is 2. The van der Waals surface area contributed by atoms with Crippen LogP contribution in [0.25, 0.3) is 17.1 Å². The van der Waals surface area contributed by atoms with Gasteiger partial charge < -0.3 is 9.80 Å². The van der Waals surface area contributed by atoms with Crippen molar-refractivity contribution in [2.45, 2.75) is 76.9 Å². The van der Waals surface area contributed by atoms with E-state index in [0.29, 0.717) is 32.0 Å². The topological polar surface area (TPSA) is 71.3 Å². The number of piperazine rings is 1. The second-order valence-corrected chi connectivity index (χ2v) is 12.4. The molecule has 2 fully saturated rings. The van der Waals surface area contributed by atoms with E-state index in [1.807, 2.05) is 9.80 Å². The van der Waals surface area contributed by atoms with Crippen LogP contribution in [0.2, 0.25) is 0 Å². The molecule has 3 aromatic rings. The molecule has 1 saturated carbocycles. The molecule has 0 bridgehead atoms. The van der Waals surface area contributed by atoms with Crippen LogP contribution in [0.1, 0.15) is 63.0 Å². The number of nitrogens with zero attached hydrogens (tertiary/aromatic N) is 5. The summed E-state index contributed by atoms with van der Waals surface area (Å²) in [4.78, 5) is 30.1. The first kappa shape index (κ1) is 28.4. The lowest BCUT2D eigenvalue weighted by molar-refractivity contribution is -0.146. The molecule has 2 aromatic carbocycles. The summed E-state index contributed by atoms with van der Waals surface area (Å²) in [6, 6.07) is 16.8. The minimum absolute atomic E-state index is 0.0783. The molecule has 1 saturated heterocycles. The summed E-state index contributed by atoms with van der Waals surface area (Å²) in [6.45, 7) is 8.17. The van der Waals surface area contributed by atoms with Gasteiger partial charge in [0, 0.05) is 55.0 Å². The maximum Gasteiger partial charge on any atom is 0.226 e. The standard InChI is InChI=1S/C32H41N5O2S/c1-23-14-16-26(17-15-23)30-33-34-32(37(30)28-12-7-9-24(2)21-28)40-20-8-13-29(38)35-18-19-36(25(3)22-35)31(39)27-10-5-4-6-11-27/h7,9,12,14-17,21,25,27H,4-6,8,10-11,13,18-20,22H2,1-3H3. The van der Waals surface area contributed by atoms with Crippen LogP contribution in [0.15, 0.2) is 53.7 Å². The van der Waals surface area contributed by atoms with Crippen molar-refractivity contribution >= 4 is 23.6 Å². The largest absolute Gasteiger partial charge is 0.339 e. The SMILES string of the molecule is Cc1ccc(-c2nnc(SCCCC(=O)N3CCN(C(=O)C4CCCCC4)C(C)C3)n2-c2cccc(C)c2)cc1. The van der Waals surface area contributed by atoms with Gasteiger partial charge in [-0.1, -0.05) is 73.0 Å². The van der Waals surface area contributed by atoms with E-state index < -0.39 is 0 Å². The van der Waals surface area contributed by atoms with Crippen molar-refractivity contribution in [3.63, 3.8) is 0 Å². The fraction of sp³-hybridized carbons (Fsp3) is 0.500. The Hall–Kier alpha value is -3.13. The van der Waals surface area contributed by atoms with Crippen molar-refractivity contribution in [3.8, 4) is 17.1 Å². The molecule has 2 amide bonds. The zero-order valence-corrected chi connectivity index (χ0v) is 24.8. The van der Waals surface area contributed by atoms with Crippen molar-refractivity contribution in [2.75, 3.05) is 25.4 Å². The maximum atomic E-state index is 13.1. The van der Waals surface area contributed by atoms with Gasteiger partial charge in [-0.15, -0.1) is 10.2 Å². The first-order chi connectivity index (χ1) is 19.4. The third-order valence-corrected chi connectivity index (χ3v) is 9.20. The predicted octanol–water partition coefficient (Wildman–Crippen LogP) is 6.06. The van der Waals surface area contributed by atoms with Gasteiger partial charge in [0.15, 0.2) is 11.0 Å². The van der Waals surface area contributed by atoms with Gasteiger partial charge in [-0.2, -0.15) is 0 Å². The number of thioether (sulfide) groups is 1. The number of carbonyl (C=O) groups is 2. The number of aryl methyl sites for hydroxylation is 2. The minimum Gasteiger partial charge on any atom is -0.339 e. The van der Waals surface area contributed by atoms with Gasteiger partial charge in [0.1, 0.15) is 0 Å². The highest BCUT2D eigenvalue weighted by molar-refractivity contribution is 7.99. The second kappa shape index (κ2) is 13.0. The molecule has 0 spiro atoms. The molecule has 2 heterocycles. The van der Waals surface area contributed by atoms with Crippen LogP contribution in [0.3, 0.4) is 0 Å². The molecular weight excluding hydrogens is 518 g/mol. The number of hydrogen-bond acceptors (Lipinski definition) is 5. The van der Waals surface area contributed by atoms with Gasteiger partial charge in [0.2, 0.25) is 11.8 Å². The molecule has 2 aliphatic rings. The Balaban J connectivity index is 1.17. The van der Waals surface area contributed by atoms with Crippen molar-refractivity contribution in [1.29, 1.82) is 0 Å². The normalized spacial score (nSPS) is 18.2. The van der Waals surface area contributed by atoms with Crippen LogP contribution in [0.5, 0.6) is 0 Å². The quantitative estimate of drug-likeness (QED) is 0.248. The highest BCUT2D eigenvalue weighted by Gasteiger charge is 2.33. The summed E-state index contributed by atoms with van der Waals surface area (Å²) >= 11 is 1.64.